The van der Waals surface area contributed by atoms with E-state index in [1.807, 2.05) is 18.2 Å². The van der Waals surface area contributed by atoms with Crippen molar-refractivity contribution < 1.29 is 9.47 Å². The van der Waals surface area contributed by atoms with Gasteiger partial charge in [-0.3, -0.25) is 0 Å². The number of methoxy groups -OCH3 is 2. The van der Waals surface area contributed by atoms with Crippen molar-refractivity contribution in [2.75, 3.05) is 19.5 Å². The van der Waals surface area contributed by atoms with Crippen molar-refractivity contribution in [1.29, 1.82) is 0 Å². The van der Waals surface area contributed by atoms with E-state index in [2.05, 4.69) is 38.2 Å². The molecule has 1 N–H and O–H groups in total. The van der Waals surface area contributed by atoms with E-state index < -0.39 is 0 Å². The monoisotopic (exact) mass is 285 g/mol. The predicted molar refractivity (Wildman–Crippen MR) is 87.5 cm³/mol. The molecule has 0 heterocycles. The van der Waals surface area contributed by atoms with E-state index in [0.29, 0.717) is 0 Å². The smallest absolute Gasteiger partial charge is 0.162 e. The average Bonchev–Trinajstić information content (AvgIpc) is 2.45. The summed E-state index contributed by atoms with van der Waals surface area (Å²) in [6.07, 6.45) is 0. The van der Waals surface area contributed by atoms with Crippen LogP contribution in [0.2, 0.25) is 0 Å². The minimum atomic E-state index is 0.736. The van der Waals surface area contributed by atoms with Gasteiger partial charge in [0.2, 0.25) is 0 Å². The number of anilines is 1. The Balaban J connectivity index is 2.17. The lowest BCUT2D eigenvalue weighted by Gasteiger charge is -2.14. The van der Waals surface area contributed by atoms with Crippen molar-refractivity contribution in [3.05, 3.63) is 52.6 Å². The van der Waals surface area contributed by atoms with Gasteiger partial charge in [0.15, 0.2) is 11.5 Å². The highest BCUT2D eigenvalue weighted by molar-refractivity contribution is 5.55. The molecule has 0 radical (unpaired) electrons. The molecule has 2 aromatic carbocycles. The third-order valence-electron chi connectivity index (χ3n) is 3.69. The molecule has 0 bridgehead atoms. The Labute approximate surface area is 126 Å². The first-order valence-corrected chi connectivity index (χ1v) is 7.07. The number of benzene rings is 2. The van der Waals surface area contributed by atoms with Crippen LogP contribution in [-0.4, -0.2) is 14.2 Å². The summed E-state index contributed by atoms with van der Waals surface area (Å²) in [5, 5.41) is 3.45. The maximum absolute atomic E-state index is 5.33. The van der Waals surface area contributed by atoms with Crippen LogP contribution in [0.3, 0.4) is 0 Å². The Morgan fingerprint density at radius 1 is 0.857 bits per heavy atom. The summed E-state index contributed by atoms with van der Waals surface area (Å²) in [5.74, 6) is 1.48. The van der Waals surface area contributed by atoms with Crippen LogP contribution >= 0.6 is 0 Å². The molecular weight excluding hydrogens is 262 g/mol. The quantitative estimate of drug-likeness (QED) is 0.891. The van der Waals surface area contributed by atoms with E-state index in [9.17, 15) is 0 Å². The minimum Gasteiger partial charge on any atom is -0.493 e. The van der Waals surface area contributed by atoms with Gasteiger partial charge in [0.25, 0.3) is 0 Å². The second kappa shape index (κ2) is 6.53. The third-order valence-corrected chi connectivity index (χ3v) is 3.69. The standard InChI is InChI=1S/C18H23NO2/c1-12-8-13(2)16(14(3)9-12)11-19-15-6-7-17(20-4)18(10-15)21-5/h6-10,19H,11H2,1-5H3. The van der Waals surface area contributed by atoms with E-state index in [1.54, 1.807) is 14.2 Å². The van der Waals surface area contributed by atoms with Gasteiger partial charge in [-0.2, -0.15) is 0 Å². The summed E-state index contributed by atoms with van der Waals surface area (Å²) in [6.45, 7) is 7.25. The van der Waals surface area contributed by atoms with Gasteiger partial charge < -0.3 is 14.8 Å². The van der Waals surface area contributed by atoms with Crippen LogP contribution in [0.1, 0.15) is 22.3 Å². The Bertz CT molecular complexity index is 612. The van der Waals surface area contributed by atoms with Crippen molar-refractivity contribution in [2.45, 2.75) is 27.3 Å². The molecule has 0 aliphatic rings. The highest BCUT2D eigenvalue weighted by Crippen LogP contribution is 2.30. The second-order valence-corrected chi connectivity index (χ2v) is 5.30. The Morgan fingerprint density at radius 2 is 1.48 bits per heavy atom. The highest BCUT2D eigenvalue weighted by Gasteiger charge is 2.06. The molecule has 21 heavy (non-hydrogen) atoms. The lowest BCUT2D eigenvalue weighted by molar-refractivity contribution is 0.355. The molecule has 112 valence electrons. The van der Waals surface area contributed by atoms with Crippen LogP contribution in [0.25, 0.3) is 0 Å². The summed E-state index contributed by atoms with van der Waals surface area (Å²) in [7, 11) is 3.29. The second-order valence-electron chi connectivity index (χ2n) is 5.30. The van der Waals surface area contributed by atoms with Gasteiger partial charge in [0.1, 0.15) is 0 Å². The average molecular weight is 285 g/mol. The van der Waals surface area contributed by atoms with Crippen LogP contribution in [0.5, 0.6) is 11.5 Å². The van der Waals surface area contributed by atoms with Gasteiger partial charge >= 0.3 is 0 Å². The van der Waals surface area contributed by atoms with Gasteiger partial charge in [0, 0.05) is 18.3 Å². The van der Waals surface area contributed by atoms with Crippen molar-refractivity contribution >= 4 is 5.69 Å². The zero-order chi connectivity index (χ0) is 15.4. The van der Waals surface area contributed by atoms with Crippen LogP contribution in [0.4, 0.5) is 5.69 Å². The van der Waals surface area contributed by atoms with Gasteiger partial charge in [-0.05, 0) is 49.6 Å². The molecular formula is C18H23NO2. The topological polar surface area (TPSA) is 30.5 Å². The van der Waals surface area contributed by atoms with Gasteiger partial charge in [0.05, 0.1) is 14.2 Å². The fourth-order valence-electron chi connectivity index (χ4n) is 2.63. The van der Waals surface area contributed by atoms with Crippen molar-refractivity contribution in [3.63, 3.8) is 0 Å². The molecule has 0 amide bonds. The summed E-state index contributed by atoms with van der Waals surface area (Å²) >= 11 is 0. The van der Waals surface area contributed by atoms with Gasteiger partial charge in [-0.25, -0.2) is 0 Å². The van der Waals surface area contributed by atoms with Crippen LogP contribution in [-0.2, 0) is 6.54 Å². The summed E-state index contributed by atoms with van der Waals surface area (Å²) < 4.78 is 10.6. The van der Waals surface area contributed by atoms with Crippen LogP contribution < -0.4 is 14.8 Å². The molecule has 0 aromatic heterocycles. The molecule has 0 saturated heterocycles. The first-order chi connectivity index (χ1) is 10.0. The lowest BCUT2D eigenvalue weighted by atomic mass is 10.00. The summed E-state index contributed by atoms with van der Waals surface area (Å²) in [5.41, 5.74) is 6.31. The molecule has 2 aromatic rings. The number of nitrogens with one attached hydrogen (secondary N) is 1. The third kappa shape index (κ3) is 3.48. The maximum Gasteiger partial charge on any atom is 0.162 e. The highest BCUT2D eigenvalue weighted by atomic mass is 16.5. The van der Waals surface area contributed by atoms with Gasteiger partial charge in [-0.15, -0.1) is 0 Å². The largest absolute Gasteiger partial charge is 0.493 e. The van der Waals surface area contributed by atoms with E-state index in [4.69, 9.17) is 9.47 Å². The summed E-state index contributed by atoms with van der Waals surface area (Å²) in [4.78, 5) is 0. The maximum atomic E-state index is 5.33. The first-order valence-electron chi connectivity index (χ1n) is 7.07. The van der Waals surface area contributed by atoms with Crippen LogP contribution in [0.15, 0.2) is 30.3 Å². The Hall–Kier alpha value is -2.16. The normalized spacial score (nSPS) is 10.3. The minimum absolute atomic E-state index is 0.736. The molecule has 0 spiro atoms. The zero-order valence-corrected chi connectivity index (χ0v) is 13.4. The van der Waals surface area contributed by atoms with Crippen molar-refractivity contribution in [2.24, 2.45) is 0 Å². The fraction of sp³-hybridized carbons (Fsp3) is 0.333. The number of rotatable bonds is 5. The molecule has 0 fully saturated rings. The fourth-order valence-corrected chi connectivity index (χ4v) is 2.63. The number of ether oxygens (including phenoxy) is 2. The summed E-state index contributed by atoms with van der Waals surface area (Å²) in [6, 6.07) is 10.3. The van der Waals surface area contributed by atoms with E-state index in [0.717, 1.165) is 23.7 Å². The van der Waals surface area contributed by atoms with E-state index in [1.165, 1.54) is 22.3 Å². The molecule has 0 aliphatic heterocycles. The lowest BCUT2D eigenvalue weighted by Crippen LogP contribution is -2.04. The molecule has 3 nitrogen and oxygen atoms in total. The zero-order valence-electron chi connectivity index (χ0n) is 13.4. The molecule has 0 unspecified atom stereocenters. The molecule has 3 heteroatoms. The van der Waals surface area contributed by atoms with E-state index >= 15 is 0 Å². The van der Waals surface area contributed by atoms with Gasteiger partial charge in [-0.1, -0.05) is 17.7 Å². The molecule has 2 rings (SSSR count). The molecule has 0 saturated carbocycles. The Kier molecular flexibility index (Phi) is 4.73. The van der Waals surface area contributed by atoms with E-state index in [-0.39, 0.29) is 0 Å². The Morgan fingerprint density at radius 3 is 2.05 bits per heavy atom. The number of hydrogen-bond acceptors (Lipinski definition) is 3. The predicted octanol–water partition coefficient (Wildman–Crippen LogP) is 4.24. The van der Waals surface area contributed by atoms with Crippen LogP contribution in [0, 0.1) is 20.8 Å². The molecule has 0 atom stereocenters. The molecule has 0 aliphatic carbocycles. The first kappa shape index (κ1) is 15.2. The number of aryl methyl sites for hydroxylation is 3. The SMILES string of the molecule is COc1ccc(NCc2c(C)cc(C)cc2C)cc1OC. The van der Waals surface area contributed by atoms with Crippen molar-refractivity contribution in [3.8, 4) is 11.5 Å². The number of hydrogen-bond donors (Lipinski definition) is 1. The van der Waals surface area contributed by atoms with Crippen molar-refractivity contribution in [1.82, 2.24) is 0 Å².